The molecule has 18 heteroatoms. The number of guanidine groups is 1. The van der Waals surface area contributed by atoms with E-state index in [1.165, 1.54) is 35.7 Å². The number of likely N-dealkylation sites (N-methyl/N-ethyl adjacent to an activating group) is 1. The highest BCUT2D eigenvalue weighted by Crippen LogP contribution is 2.52. The number of carbonyl (C=O) groups is 5. The van der Waals surface area contributed by atoms with Gasteiger partial charge < -0.3 is 36.4 Å². The number of rotatable bonds is 10. The van der Waals surface area contributed by atoms with E-state index in [0.29, 0.717) is 37.4 Å². The number of hydrogen-bond donors (Lipinski definition) is 4. The Kier molecular flexibility index (Phi) is 10.1. The van der Waals surface area contributed by atoms with Gasteiger partial charge >= 0.3 is 11.9 Å². The number of nitro groups is 1. The molecule has 0 spiro atoms. The standard InChI is InChI=1S/C30H38N8O9S/c1-14-23-22(15(2)39)27(42)37(23)24(29(44)47-28(43)16-4-6-18(7-5-16)38(45)46)25(14)48-19-10-20(35(3)13-19)26(41)36-9-8-17(12-36)34-21(40)11-33-30(31)32/h4-7,14-15,17,19-20,22-23,39H,8-13H2,1-3H3,(H,34,40)(H4,31,32,33)/t14-,15-,17+,19+,20?,22-,23-/m1/s1. The van der Waals surface area contributed by atoms with Crippen LogP contribution in [0.4, 0.5) is 5.69 Å². The Balaban J connectivity index is 1.28. The Morgan fingerprint density at radius 1 is 1.19 bits per heavy atom. The Bertz CT molecular complexity index is 1580. The van der Waals surface area contributed by atoms with Crippen LogP contribution in [-0.4, -0.2) is 123 Å². The summed E-state index contributed by atoms with van der Waals surface area (Å²) in [5.41, 5.74) is 10.2. The van der Waals surface area contributed by atoms with Crippen molar-refractivity contribution in [2.45, 2.75) is 56.2 Å². The number of fused-ring (bicyclic) bond motifs is 1. The number of amides is 3. The number of nitro benzene ring substituents is 1. The van der Waals surface area contributed by atoms with Crippen LogP contribution in [0.1, 0.15) is 37.0 Å². The number of nitrogens with one attached hydrogen (secondary N) is 1. The molecule has 1 unspecified atom stereocenters. The number of thioether (sulfide) groups is 1. The highest BCUT2D eigenvalue weighted by Gasteiger charge is 2.60. The van der Waals surface area contributed by atoms with Gasteiger partial charge in [0.15, 0.2) is 5.96 Å². The molecule has 0 saturated carbocycles. The minimum absolute atomic E-state index is 0.0778. The van der Waals surface area contributed by atoms with Gasteiger partial charge in [-0.25, -0.2) is 14.6 Å². The van der Waals surface area contributed by atoms with Gasteiger partial charge in [0.1, 0.15) is 12.2 Å². The van der Waals surface area contributed by atoms with Crippen LogP contribution in [0, 0.1) is 22.0 Å². The topological polar surface area (TPSA) is 244 Å². The Hall–Kier alpha value is -4.55. The third-order valence-corrected chi connectivity index (χ3v) is 10.7. The number of likely N-dealkylation sites (tertiary alicyclic amines) is 2. The van der Waals surface area contributed by atoms with Gasteiger partial charge in [0.2, 0.25) is 17.7 Å². The van der Waals surface area contributed by atoms with E-state index >= 15 is 0 Å². The number of carbonyl (C=O) groups excluding carboxylic acids is 5. The van der Waals surface area contributed by atoms with E-state index in [2.05, 4.69) is 10.3 Å². The Morgan fingerprint density at radius 3 is 2.50 bits per heavy atom. The molecule has 258 valence electrons. The van der Waals surface area contributed by atoms with Crippen LogP contribution in [0.2, 0.25) is 0 Å². The first-order valence-corrected chi connectivity index (χ1v) is 16.3. The number of ether oxygens (including phenoxy) is 1. The quantitative estimate of drug-likeness (QED) is 0.0446. The molecule has 4 aliphatic heterocycles. The van der Waals surface area contributed by atoms with Crippen LogP contribution < -0.4 is 16.8 Å². The summed E-state index contributed by atoms with van der Waals surface area (Å²) in [4.78, 5) is 84.7. The lowest BCUT2D eigenvalue weighted by Gasteiger charge is -2.46. The van der Waals surface area contributed by atoms with Crippen molar-refractivity contribution >= 4 is 53.1 Å². The number of benzene rings is 1. The molecule has 4 heterocycles. The maximum absolute atomic E-state index is 13.6. The normalized spacial score (nSPS) is 27.3. The number of aliphatic imine (C=N–C) groups is 1. The molecule has 3 amide bonds. The summed E-state index contributed by atoms with van der Waals surface area (Å²) in [5.74, 6) is -4.27. The fourth-order valence-corrected chi connectivity index (χ4v) is 8.41. The number of non-ortho nitro benzene ring substituents is 1. The number of aliphatic hydroxyl groups excluding tert-OH is 1. The summed E-state index contributed by atoms with van der Waals surface area (Å²) in [6.07, 6.45) is 0.0548. The van der Waals surface area contributed by atoms with Crippen molar-refractivity contribution in [3.8, 4) is 0 Å². The lowest BCUT2D eigenvalue weighted by molar-refractivity contribution is -0.384. The van der Waals surface area contributed by atoms with Crippen LogP contribution in [-0.2, 0) is 23.9 Å². The van der Waals surface area contributed by atoms with Crippen LogP contribution >= 0.6 is 11.8 Å². The first-order chi connectivity index (χ1) is 22.7. The minimum Gasteiger partial charge on any atom is -0.393 e. The van der Waals surface area contributed by atoms with Crippen molar-refractivity contribution in [3.05, 3.63) is 50.5 Å². The second kappa shape index (κ2) is 13.9. The molecule has 4 aliphatic rings. The Labute approximate surface area is 279 Å². The van der Waals surface area contributed by atoms with Crippen molar-refractivity contribution in [2.24, 2.45) is 28.3 Å². The zero-order chi connectivity index (χ0) is 35.0. The van der Waals surface area contributed by atoms with Crippen molar-refractivity contribution in [2.75, 3.05) is 33.2 Å². The number of esters is 2. The predicted octanol–water partition coefficient (Wildman–Crippen LogP) is -0.856. The van der Waals surface area contributed by atoms with Crippen molar-refractivity contribution in [3.63, 3.8) is 0 Å². The van der Waals surface area contributed by atoms with Crippen LogP contribution in [0.5, 0.6) is 0 Å². The molecule has 0 aromatic heterocycles. The molecule has 48 heavy (non-hydrogen) atoms. The van der Waals surface area contributed by atoms with Crippen molar-refractivity contribution in [1.82, 2.24) is 20.0 Å². The fraction of sp³-hybridized carbons (Fsp3) is 0.533. The van der Waals surface area contributed by atoms with Crippen LogP contribution in [0.15, 0.2) is 39.9 Å². The fourth-order valence-electron chi connectivity index (χ4n) is 6.81. The zero-order valence-electron chi connectivity index (χ0n) is 26.6. The molecule has 17 nitrogen and oxygen atoms in total. The van der Waals surface area contributed by atoms with Gasteiger partial charge in [0.05, 0.1) is 34.6 Å². The highest BCUT2D eigenvalue weighted by molar-refractivity contribution is 8.03. The van der Waals surface area contributed by atoms with Gasteiger partial charge in [-0.2, -0.15) is 0 Å². The third kappa shape index (κ3) is 6.86. The summed E-state index contributed by atoms with van der Waals surface area (Å²) in [5, 5.41) is 24.0. The van der Waals surface area contributed by atoms with Crippen molar-refractivity contribution < 1.29 is 38.7 Å². The van der Waals surface area contributed by atoms with E-state index in [0.717, 1.165) is 12.1 Å². The lowest BCUT2D eigenvalue weighted by atomic mass is 9.79. The maximum Gasteiger partial charge on any atom is 0.363 e. The number of aliphatic hydroxyl groups is 1. The van der Waals surface area contributed by atoms with E-state index < -0.39 is 46.9 Å². The van der Waals surface area contributed by atoms with Gasteiger partial charge in [0.25, 0.3) is 5.69 Å². The Morgan fingerprint density at radius 2 is 1.88 bits per heavy atom. The molecule has 0 aliphatic carbocycles. The van der Waals surface area contributed by atoms with Gasteiger partial charge in [-0.3, -0.25) is 29.4 Å². The SMILES string of the molecule is C[C@@H](O)[C@H]1C(=O)N2C(C(=O)OC(=O)c3ccc([N+](=O)[O-])cc3)=C(S[C@H]3CC(C(=O)N4CC[C@H](NC(=O)CN=C(N)N)C4)N(C)C3)[C@H](C)[C@H]12. The minimum atomic E-state index is -1.04. The van der Waals surface area contributed by atoms with Gasteiger partial charge in [-0.05, 0) is 38.9 Å². The molecule has 6 N–H and O–H groups in total. The average Bonchev–Trinajstić information content (AvgIpc) is 3.70. The molecule has 3 fully saturated rings. The summed E-state index contributed by atoms with van der Waals surface area (Å²) < 4.78 is 5.18. The third-order valence-electron chi connectivity index (χ3n) is 9.16. The van der Waals surface area contributed by atoms with E-state index in [-0.39, 0.29) is 58.5 Å². The molecular formula is C30H38N8O9S. The van der Waals surface area contributed by atoms with E-state index in [1.54, 1.807) is 4.90 Å². The second-order valence-corrected chi connectivity index (χ2v) is 13.8. The lowest BCUT2D eigenvalue weighted by Crippen LogP contribution is -2.63. The maximum atomic E-state index is 13.6. The summed E-state index contributed by atoms with van der Waals surface area (Å²) in [7, 11) is 1.83. The summed E-state index contributed by atoms with van der Waals surface area (Å²) >= 11 is 1.35. The first kappa shape index (κ1) is 34.8. The van der Waals surface area contributed by atoms with Crippen molar-refractivity contribution in [1.29, 1.82) is 0 Å². The molecular weight excluding hydrogens is 648 g/mol. The van der Waals surface area contributed by atoms with Gasteiger partial charge in [-0.1, -0.05) is 6.92 Å². The van der Waals surface area contributed by atoms with Gasteiger partial charge in [-0.15, -0.1) is 11.8 Å². The monoisotopic (exact) mass is 686 g/mol. The highest BCUT2D eigenvalue weighted by atomic mass is 32.2. The molecule has 3 saturated heterocycles. The summed E-state index contributed by atoms with van der Waals surface area (Å²) in [6.45, 7) is 4.45. The summed E-state index contributed by atoms with van der Waals surface area (Å²) in [6, 6.07) is 3.36. The molecule has 0 radical (unpaired) electrons. The number of nitrogens with two attached hydrogens (primary N) is 2. The predicted molar refractivity (Wildman–Crippen MR) is 172 cm³/mol. The van der Waals surface area contributed by atoms with Gasteiger partial charge in [0, 0.05) is 53.9 Å². The number of β-lactam (4-membered cyclic amide) rings is 1. The largest absolute Gasteiger partial charge is 0.393 e. The zero-order valence-corrected chi connectivity index (χ0v) is 27.4. The van der Waals surface area contributed by atoms with Crippen LogP contribution in [0.3, 0.4) is 0 Å². The first-order valence-electron chi connectivity index (χ1n) is 15.4. The van der Waals surface area contributed by atoms with Crippen LogP contribution in [0.25, 0.3) is 0 Å². The number of nitrogens with zero attached hydrogens (tertiary/aromatic N) is 5. The smallest absolute Gasteiger partial charge is 0.363 e. The number of hydrogen-bond acceptors (Lipinski definition) is 12. The van der Waals surface area contributed by atoms with E-state index in [1.807, 2.05) is 18.9 Å². The molecule has 0 bridgehead atoms. The molecule has 1 aromatic carbocycles. The average molecular weight is 687 g/mol. The van der Waals surface area contributed by atoms with E-state index in [4.69, 9.17) is 16.2 Å². The van der Waals surface area contributed by atoms with E-state index in [9.17, 15) is 39.2 Å². The second-order valence-electron chi connectivity index (χ2n) is 12.5. The molecule has 7 atom stereocenters. The molecule has 1 aromatic rings. The molecule has 5 rings (SSSR count).